The molecular weight excluding hydrogens is 585 g/mol. The van der Waals surface area contributed by atoms with Crippen LogP contribution in [-0.2, 0) is 4.79 Å². The maximum absolute atomic E-state index is 14.2. The largest absolute Gasteiger partial charge is 0.493 e. The molecule has 1 aromatic heterocycles. The second kappa shape index (κ2) is 13.6. The van der Waals surface area contributed by atoms with Gasteiger partial charge in [-0.3, -0.25) is 4.79 Å². The Morgan fingerprint density at radius 1 is 1.02 bits per heavy atom. The van der Waals surface area contributed by atoms with Crippen LogP contribution in [0.1, 0.15) is 55.9 Å². The van der Waals surface area contributed by atoms with Crippen molar-refractivity contribution in [2.45, 2.75) is 56.8 Å². The SMILES string of the molecule is Cl.Nc1nc(O[C@H](c2ccc(-c3cccc(OCC4CC4)c3)cc2)C(F)(F)F)cc(C2=CCC(C[C@H](N)C(=O)O)CC2)n1. The maximum atomic E-state index is 14.2. The number of aromatic nitrogens is 2. The Labute approximate surface area is 253 Å². The Kier molecular flexibility index (Phi) is 10.2. The third kappa shape index (κ3) is 8.61. The second-order valence-corrected chi connectivity index (χ2v) is 10.9. The summed E-state index contributed by atoms with van der Waals surface area (Å²) in [5.74, 6) is -0.129. The van der Waals surface area contributed by atoms with E-state index in [2.05, 4.69) is 9.97 Å². The molecule has 0 spiro atoms. The first-order valence-corrected chi connectivity index (χ1v) is 13.9. The molecule has 2 aliphatic carbocycles. The first-order valence-electron chi connectivity index (χ1n) is 13.9. The lowest BCUT2D eigenvalue weighted by Crippen LogP contribution is -2.32. The fourth-order valence-corrected chi connectivity index (χ4v) is 5.02. The van der Waals surface area contributed by atoms with E-state index in [4.69, 9.17) is 26.0 Å². The van der Waals surface area contributed by atoms with Crippen LogP contribution in [0.4, 0.5) is 19.1 Å². The number of allylic oxidation sites excluding steroid dienone is 2. The molecule has 0 radical (unpaired) electrons. The zero-order valence-electron chi connectivity index (χ0n) is 23.3. The number of benzene rings is 2. The number of nitrogens with zero attached hydrogens (tertiary/aromatic N) is 2. The number of hydrogen-bond donors (Lipinski definition) is 3. The van der Waals surface area contributed by atoms with Crippen molar-refractivity contribution in [2.75, 3.05) is 12.3 Å². The summed E-state index contributed by atoms with van der Waals surface area (Å²) in [5, 5.41) is 9.06. The molecule has 1 fully saturated rings. The Hall–Kier alpha value is -3.83. The van der Waals surface area contributed by atoms with Crippen LogP contribution in [0.5, 0.6) is 11.6 Å². The Bertz CT molecular complexity index is 1450. The molecule has 5 N–H and O–H groups in total. The third-order valence-corrected chi connectivity index (χ3v) is 7.57. The van der Waals surface area contributed by atoms with Crippen LogP contribution in [0.3, 0.4) is 0 Å². The molecule has 1 unspecified atom stereocenters. The zero-order chi connectivity index (χ0) is 29.9. The number of carboxylic acids is 1. The highest BCUT2D eigenvalue weighted by molar-refractivity contribution is 5.85. The number of anilines is 1. The summed E-state index contributed by atoms with van der Waals surface area (Å²) in [6, 6.07) is 13.9. The summed E-state index contributed by atoms with van der Waals surface area (Å²) < 4.78 is 53.9. The summed E-state index contributed by atoms with van der Waals surface area (Å²) in [6.45, 7) is 0.668. The van der Waals surface area contributed by atoms with Crippen LogP contribution in [0, 0.1) is 11.8 Å². The number of aliphatic carboxylic acids is 1. The maximum Gasteiger partial charge on any atom is 0.429 e. The van der Waals surface area contributed by atoms with Crippen molar-refractivity contribution >= 4 is 29.9 Å². The van der Waals surface area contributed by atoms with E-state index in [1.807, 2.05) is 30.3 Å². The van der Waals surface area contributed by atoms with Gasteiger partial charge in [0.15, 0.2) is 0 Å². The van der Waals surface area contributed by atoms with E-state index in [9.17, 15) is 18.0 Å². The smallest absolute Gasteiger partial charge is 0.429 e. The Balaban J connectivity index is 0.00000423. The van der Waals surface area contributed by atoms with Crippen molar-refractivity contribution in [3.8, 4) is 22.8 Å². The molecule has 2 aliphatic rings. The molecule has 230 valence electrons. The summed E-state index contributed by atoms with van der Waals surface area (Å²) >= 11 is 0. The van der Waals surface area contributed by atoms with Gasteiger partial charge in [-0.05, 0) is 79.2 Å². The molecule has 1 heterocycles. The molecule has 2 aromatic carbocycles. The first-order chi connectivity index (χ1) is 20.0. The number of alkyl halides is 3. The van der Waals surface area contributed by atoms with E-state index in [1.54, 1.807) is 12.1 Å². The van der Waals surface area contributed by atoms with Gasteiger partial charge in [0, 0.05) is 11.6 Å². The normalized spacial score (nSPS) is 18.1. The van der Waals surface area contributed by atoms with Gasteiger partial charge in [0.2, 0.25) is 17.9 Å². The fraction of sp³-hybridized carbons (Fsp3) is 0.387. The van der Waals surface area contributed by atoms with Crippen LogP contribution in [0.2, 0.25) is 0 Å². The minimum absolute atomic E-state index is 0. The molecule has 12 heteroatoms. The average Bonchev–Trinajstić information content (AvgIpc) is 3.79. The highest BCUT2D eigenvalue weighted by Gasteiger charge is 2.43. The fourth-order valence-electron chi connectivity index (χ4n) is 5.02. The van der Waals surface area contributed by atoms with Crippen molar-refractivity contribution < 1.29 is 32.5 Å². The molecular formula is C31H34ClF3N4O4. The number of rotatable bonds is 11. The number of halogens is 4. The molecule has 3 atom stereocenters. The predicted molar refractivity (Wildman–Crippen MR) is 159 cm³/mol. The van der Waals surface area contributed by atoms with Gasteiger partial charge in [-0.25, -0.2) is 4.98 Å². The number of hydrogen-bond acceptors (Lipinski definition) is 7. The minimum Gasteiger partial charge on any atom is -0.493 e. The summed E-state index contributed by atoms with van der Waals surface area (Å²) in [6.07, 6.45) is -0.631. The topological polar surface area (TPSA) is 134 Å². The van der Waals surface area contributed by atoms with Gasteiger partial charge in [0.1, 0.15) is 11.8 Å². The minimum atomic E-state index is -4.72. The lowest BCUT2D eigenvalue weighted by Gasteiger charge is -2.24. The van der Waals surface area contributed by atoms with E-state index >= 15 is 0 Å². The van der Waals surface area contributed by atoms with E-state index in [1.165, 1.54) is 31.0 Å². The Morgan fingerprint density at radius 2 is 1.77 bits per heavy atom. The molecule has 3 aromatic rings. The van der Waals surface area contributed by atoms with Gasteiger partial charge in [0.25, 0.3) is 0 Å². The van der Waals surface area contributed by atoms with Crippen molar-refractivity contribution in [3.05, 3.63) is 71.9 Å². The van der Waals surface area contributed by atoms with Crippen LogP contribution in [0.15, 0.2) is 60.7 Å². The first kappa shape index (κ1) is 32.1. The van der Waals surface area contributed by atoms with Gasteiger partial charge in [0.05, 0.1) is 12.3 Å². The highest BCUT2D eigenvalue weighted by atomic mass is 35.5. The van der Waals surface area contributed by atoms with Crippen molar-refractivity contribution in [3.63, 3.8) is 0 Å². The number of nitrogens with two attached hydrogens (primary N) is 2. The quantitative estimate of drug-likeness (QED) is 0.219. The lowest BCUT2D eigenvalue weighted by atomic mass is 9.84. The molecule has 0 amide bonds. The van der Waals surface area contributed by atoms with Gasteiger partial charge < -0.3 is 26.0 Å². The molecule has 5 rings (SSSR count). The molecule has 8 nitrogen and oxygen atoms in total. The van der Waals surface area contributed by atoms with E-state index in [0.717, 1.165) is 22.4 Å². The van der Waals surface area contributed by atoms with Crippen molar-refractivity contribution in [1.82, 2.24) is 9.97 Å². The number of carboxylic acid groups (broad SMARTS) is 1. The predicted octanol–water partition coefficient (Wildman–Crippen LogP) is 6.60. The molecule has 43 heavy (non-hydrogen) atoms. The van der Waals surface area contributed by atoms with Crippen molar-refractivity contribution in [2.24, 2.45) is 17.6 Å². The molecule has 0 saturated heterocycles. The summed E-state index contributed by atoms with van der Waals surface area (Å²) in [4.78, 5) is 19.2. The van der Waals surface area contributed by atoms with Crippen LogP contribution in [-0.4, -0.2) is 39.9 Å². The molecule has 1 saturated carbocycles. The number of nitrogen functional groups attached to an aromatic ring is 1. The van der Waals surface area contributed by atoms with Gasteiger partial charge in [-0.15, -0.1) is 12.4 Å². The molecule has 0 bridgehead atoms. The van der Waals surface area contributed by atoms with Gasteiger partial charge in [-0.1, -0.05) is 42.5 Å². The molecule has 0 aliphatic heterocycles. The highest BCUT2D eigenvalue weighted by Crippen LogP contribution is 2.39. The lowest BCUT2D eigenvalue weighted by molar-refractivity contribution is -0.198. The summed E-state index contributed by atoms with van der Waals surface area (Å²) in [5.41, 5.74) is 14.2. The number of ether oxygens (including phenoxy) is 2. The zero-order valence-corrected chi connectivity index (χ0v) is 24.1. The third-order valence-electron chi connectivity index (χ3n) is 7.57. The van der Waals surface area contributed by atoms with Gasteiger partial charge in [-0.2, -0.15) is 18.2 Å². The van der Waals surface area contributed by atoms with E-state index in [-0.39, 0.29) is 35.7 Å². The van der Waals surface area contributed by atoms with Crippen LogP contribution in [0.25, 0.3) is 16.7 Å². The van der Waals surface area contributed by atoms with Crippen LogP contribution < -0.4 is 20.9 Å². The second-order valence-electron chi connectivity index (χ2n) is 10.9. The van der Waals surface area contributed by atoms with E-state index < -0.39 is 24.3 Å². The monoisotopic (exact) mass is 618 g/mol. The van der Waals surface area contributed by atoms with Crippen molar-refractivity contribution in [1.29, 1.82) is 0 Å². The van der Waals surface area contributed by atoms with E-state index in [0.29, 0.717) is 43.9 Å². The number of carbonyl (C=O) groups is 1. The van der Waals surface area contributed by atoms with Crippen LogP contribution >= 0.6 is 12.4 Å². The average molecular weight is 619 g/mol. The standard InChI is InChI=1S/C31H33F3N4O4.ClH/c32-31(33,34)28(22-12-10-20(11-13-22)23-2-1-3-24(15-23)41-17-19-4-5-19)42-27-16-26(37-30(36)38-27)21-8-6-18(7-9-21)14-25(35)29(39)40;/h1-3,8,10-13,15-16,18-19,25,28H,4-7,9,14,17,35H2,(H,39,40)(H2,36,37,38);1H/t18?,25-,28+;/m0./s1. The summed E-state index contributed by atoms with van der Waals surface area (Å²) in [7, 11) is 0. The Morgan fingerprint density at radius 3 is 2.40 bits per heavy atom. The van der Waals surface area contributed by atoms with Gasteiger partial charge >= 0.3 is 12.1 Å².